The average molecular weight is 283 g/mol. The third-order valence-electron chi connectivity index (χ3n) is 3.67. The molecule has 3 aromatic rings. The van der Waals surface area contributed by atoms with Gasteiger partial charge in [-0.05, 0) is 24.5 Å². The number of pyridine rings is 1. The molecule has 0 unspecified atom stereocenters. The fourth-order valence-electron chi connectivity index (χ4n) is 2.74. The van der Waals surface area contributed by atoms with Crippen LogP contribution in [0, 0.1) is 0 Å². The third kappa shape index (κ3) is 2.51. The van der Waals surface area contributed by atoms with Crippen LogP contribution in [0.3, 0.4) is 0 Å². The molecule has 0 aliphatic heterocycles. The first kappa shape index (κ1) is 13.7. The zero-order valence-corrected chi connectivity index (χ0v) is 12.7. The predicted molar refractivity (Wildman–Crippen MR) is 86.0 cm³/mol. The number of aromatic amines is 2. The normalized spacial score (nSPS) is 11.4. The smallest absolute Gasteiger partial charge is 0.155 e. The first-order valence-corrected chi connectivity index (χ1v) is 7.47. The second-order valence-electron chi connectivity index (χ2n) is 5.59. The molecule has 110 valence electrons. The van der Waals surface area contributed by atoms with Crippen LogP contribution in [0.5, 0.6) is 0 Å². The van der Waals surface area contributed by atoms with E-state index in [1.54, 1.807) is 6.20 Å². The van der Waals surface area contributed by atoms with E-state index in [-0.39, 0.29) is 0 Å². The third-order valence-corrected chi connectivity index (χ3v) is 3.67. The molecule has 3 heterocycles. The molecule has 0 saturated carbocycles. The Balaban J connectivity index is 2.00. The minimum Gasteiger partial charge on any atom is -0.346 e. The number of hydrogen-bond donors (Lipinski definition) is 3. The van der Waals surface area contributed by atoms with Gasteiger partial charge in [0, 0.05) is 29.0 Å². The molecule has 0 spiro atoms. The summed E-state index contributed by atoms with van der Waals surface area (Å²) < 4.78 is 0. The van der Waals surface area contributed by atoms with E-state index in [0.29, 0.717) is 5.92 Å². The maximum Gasteiger partial charge on any atom is 0.155 e. The molecule has 5 heteroatoms. The molecule has 0 aliphatic carbocycles. The zero-order valence-electron chi connectivity index (χ0n) is 12.7. The number of nitrogens with zero attached hydrogens (tertiary/aromatic N) is 2. The number of aryl methyl sites for hydroxylation is 1. The van der Waals surface area contributed by atoms with Crippen molar-refractivity contribution in [1.29, 1.82) is 0 Å². The molecule has 0 atom stereocenters. The van der Waals surface area contributed by atoms with Crippen LogP contribution in [0.4, 0.5) is 11.5 Å². The molecule has 5 nitrogen and oxygen atoms in total. The molecule has 3 rings (SSSR count). The Bertz CT molecular complexity index is 738. The van der Waals surface area contributed by atoms with E-state index >= 15 is 0 Å². The number of rotatable bonds is 5. The molecule has 21 heavy (non-hydrogen) atoms. The SMILES string of the molecule is CCCc1[nH]nc(Nc2ccnc3[nH]ccc23)c1C(C)C. The van der Waals surface area contributed by atoms with Crippen molar-refractivity contribution in [3.63, 3.8) is 0 Å². The fraction of sp³-hybridized carbons (Fsp3) is 0.375. The lowest BCUT2D eigenvalue weighted by Crippen LogP contribution is -1.99. The highest BCUT2D eigenvalue weighted by molar-refractivity contribution is 5.91. The number of H-pyrrole nitrogens is 2. The number of hydrogen-bond acceptors (Lipinski definition) is 3. The van der Waals surface area contributed by atoms with E-state index in [2.05, 4.69) is 46.3 Å². The Morgan fingerprint density at radius 2 is 2.14 bits per heavy atom. The van der Waals surface area contributed by atoms with Crippen molar-refractivity contribution < 1.29 is 0 Å². The number of aromatic nitrogens is 4. The summed E-state index contributed by atoms with van der Waals surface area (Å²) in [4.78, 5) is 7.44. The summed E-state index contributed by atoms with van der Waals surface area (Å²) in [5.74, 6) is 1.35. The Kier molecular flexibility index (Phi) is 3.64. The van der Waals surface area contributed by atoms with Gasteiger partial charge in [0.05, 0.1) is 5.69 Å². The monoisotopic (exact) mass is 283 g/mol. The van der Waals surface area contributed by atoms with E-state index in [0.717, 1.165) is 35.4 Å². The van der Waals surface area contributed by atoms with Crippen molar-refractivity contribution in [2.45, 2.75) is 39.5 Å². The maximum atomic E-state index is 4.48. The van der Waals surface area contributed by atoms with E-state index in [1.165, 1.54) is 11.3 Å². The highest BCUT2D eigenvalue weighted by atomic mass is 15.2. The van der Waals surface area contributed by atoms with Crippen molar-refractivity contribution in [2.24, 2.45) is 0 Å². The van der Waals surface area contributed by atoms with Crippen LogP contribution in [0.15, 0.2) is 24.5 Å². The van der Waals surface area contributed by atoms with Gasteiger partial charge in [0.25, 0.3) is 0 Å². The summed E-state index contributed by atoms with van der Waals surface area (Å²) in [7, 11) is 0. The van der Waals surface area contributed by atoms with Crippen LogP contribution in [0.2, 0.25) is 0 Å². The van der Waals surface area contributed by atoms with E-state index in [9.17, 15) is 0 Å². The van der Waals surface area contributed by atoms with Gasteiger partial charge in [0.2, 0.25) is 0 Å². The molecule has 0 fully saturated rings. The van der Waals surface area contributed by atoms with Crippen LogP contribution in [-0.4, -0.2) is 20.2 Å². The molecule has 0 amide bonds. The van der Waals surface area contributed by atoms with Gasteiger partial charge in [0.1, 0.15) is 5.65 Å². The van der Waals surface area contributed by atoms with Gasteiger partial charge in [-0.1, -0.05) is 27.2 Å². The quantitative estimate of drug-likeness (QED) is 0.660. The average Bonchev–Trinajstić information content (AvgIpc) is 3.06. The van der Waals surface area contributed by atoms with Gasteiger partial charge in [-0.25, -0.2) is 4.98 Å². The van der Waals surface area contributed by atoms with Gasteiger partial charge in [-0.3, -0.25) is 5.10 Å². The minimum absolute atomic E-state index is 0.427. The topological polar surface area (TPSA) is 69.4 Å². The highest BCUT2D eigenvalue weighted by Gasteiger charge is 2.16. The molecule has 0 aromatic carbocycles. The van der Waals surface area contributed by atoms with E-state index in [4.69, 9.17) is 0 Å². The van der Waals surface area contributed by atoms with Gasteiger partial charge in [0.15, 0.2) is 5.82 Å². The lowest BCUT2D eigenvalue weighted by molar-refractivity contribution is 0.808. The minimum atomic E-state index is 0.427. The van der Waals surface area contributed by atoms with E-state index in [1.807, 2.05) is 18.3 Å². The summed E-state index contributed by atoms with van der Waals surface area (Å²) in [5.41, 5.74) is 4.42. The first-order chi connectivity index (χ1) is 10.2. The standard InChI is InChI=1S/C16H21N5/c1-4-5-13-14(10(2)3)16(21-20-13)19-12-7-9-18-15-11(12)6-8-17-15/h6-10H,4-5H2,1-3H3,(H3,17,18,19,20,21). The lowest BCUT2D eigenvalue weighted by Gasteiger charge is -2.11. The van der Waals surface area contributed by atoms with Gasteiger partial charge in [-0.2, -0.15) is 5.10 Å². The Labute approximate surface area is 124 Å². The Morgan fingerprint density at radius 3 is 2.90 bits per heavy atom. The van der Waals surface area contributed by atoms with Crippen molar-refractivity contribution in [3.05, 3.63) is 35.8 Å². The number of anilines is 2. The molecule has 0 radical (unpaired) electrons. The maximum absolute atomic E-state index is 4.48. The van der Waals surface area contributed by atoms with Crippen LogP contribution in [0.1, 0.15) is 44.4 Å². The van der Waals surface area contributed by atoms with Crippen molar-refractivity contribution in [2.75, 3.05) is 5.32 Å². The van der Waals surface area contributed by atoms with Crippen molar-refractivity contribution in [3.8, 4) is 0 Å². The zero-order chi connectivity index (χ0) is 14.8. The first-order valence-electron chi connectivity index (χ1n) is 7.47. The van der Waals surface area contributed by atoms with Crippen molar-refractivity contribution in [1.82, 2.24) is 20.2 Å². The number of fused-ring (bicyclic) bond motifs is 1. The van der Waals surface area contributed by atoms with E-state index < -0.39 is 0 Å². The lowest BCUT2D eigenvalue weighted by atomic mass is 10.0. The second-order valence-corrected chi connectivity index (χ2v) is 5.59. The highest BCUT2D eigenvalue weighted by Crippen LogP contribution is 2.31. The summed E-state index contributed by atoms with van der Waals surface area (Å²) in [6.45, 7) is 6.59. The fourth-order valence-corrected chi connectivity index (χ4v) is 2.74. The van der Waals surface area contributed by atoms with Crippen LogP contribution >= 0.6 is 0 Å². The second kappa shape index (κ2) is 5.60. The van der Waals surface area contributed by atoms with Gasteiger partial charge < -0.3 is 10.3 Å². The summed E-state index contributed by atoms with van der Waals surface area (Å²) in [5, 5.41) is 12.2. The Hall–Kier alpha value is -2.30. The van der Waals surface area contributed by atoms with Crippen molar-refractivity contribution >= 4 is 22.5 Å². The largest absolute Gasteiger partial charge is 0.346 e. The van der Waals surface area contributed by atoms with Crippen LogP contribution < -0.4 is 5.32 Å². The summed E-state index contributed by atoms with van der Waals surface area (Å²) in [6.07, 6.45) is 5.84. The van der Waals surface area contributed by atoms with Gasteiger partial charge >= 0.3 is 0 Å². The Morgan fingerprint density at radius 1 is 1.29 bits per heavy atom. The van der Waals surface area contributed by atoms with Crippen LogP contribution in [-0.2, 0) is 6.42 Å². The summed E-state index contributed by atoms with van der Waals surface area (Å²) >= 11 is 0. The summed E-state index contributed by atoms with van der Waals surface area (Å²) in [6, 6.07) is 4.01. The molecule has 0 saturated heterocycles. The molecule has 0 aliphatic rings. The van der Waals surface area contributed by atoms with Crippen LogP contribution in [0.25, 0.3) is 11.0 Å². The molecule has 3 aromatic heterocycles. The molecular weight excluding hydrogens is 262 g/mol. The van der Waals surface area contributed by atoms with Gasteiger partial charge in [-0.15, -0.1) is 0 Å². The molecule has 3 N–H and O–H groups in total. The predicted octanol–water partition coefficient (Wildman–Crippen LogP) is 4.11. The molecular formula is C16H21N5. The number of nitrogens with one attached hydrogen (secondary N) is 3. The molecule has 0 bridgehead atoms.